The molecule has 2 rings (SSSR count). The molecule has 1 aromatic carbocycles. The second-order valence-corrected chi connectivity index (χ2v) is 3.96. The van der Waals surface area contributed by atoms with Gasteiger partial charge in [0.05, 0.1) is 5.52 Å². The molecule has 0 aliphatic carbocycles. The molecular formula is C10H8Cl2N2. The van der Waals surface area contributed by atoms with Crippen molar-refractivity contribution >= 4 is 34.1 Å². The summed E-state index contributed by atoms with van der Waals surface area (Å²) in [5.74, 6) is 0. The number of aryl methyl sites for hydroxylation is 2. The summed E-state index contributed by atoms with van der Waals surface area (Å²) in [6.07, 6.45) is 0. The van der Waals surface area contributed by atoms with Gasteiger partial charge in [0.1, 0.15) is 5.15 Å². The molecule has 0 fully saturated rings. The number of aromatic nitrogens is 2. The van der Waals surface area contributed by atoms with Crippen LogP contribution in [0.5, 0.6) is 0 Å². The molecule has 0 amide bonds. The molecule has 2 nitrogen and oxygen atoms in total. The van der Waals surface area contributed by atoms with E-state index in [1.54, 1.807) is 0 Å². The average molecular weight is 227 g/mol. The number of rotatable bonds is 0. The summed E-state index contributed by atoms with van der Waals surface area (Å²) in [5, 5.41) is 1.48. The summed E-state index contributed by atoms with van der Waals surface area (Å²) in [5.41, 5.74) is 3.01. The monoisotopic (exact) mass is 226 g/mol. The average Bonchev–Trinajstić information content (AvgIpc) is 1.99. The highest BCUT2D eigenvalue weighted by atomic mass is 35.5. The number of hydrogen-bond acceptors (Lipinski definition) is 2. The van der Waals surface area contributed by atoms with Gasteiger partial charge in [0.2, 0.25) is 5.28 Å². The van der Waals surface area contributed by atoms with Crippen molar-refractivity contribution in [1.82, 2.24) is 9.97 Å². The Hall–Kier alpha value is -0.860. The topological polar surface area (TPSA) is 25.8 Å². The quantitative estimate of drug-likeness (QED) is 0.508. The Morgan fingerprint density at radius 1 is 1.07 bits per heavy atom. The maximum atomic E-state index is 5.98. The fraction of sp³-hybridized carbons (Fsp3) is 0.200. The van der Waals surface area contributed by atoms with Crippen molar-refractivity contribution in [2.45, 2.75) is 13.8 Å². The molecule has 0 bridgehead atoms. The maximum Gasteiger partial charge on any atom is 0.224 e. The molecule has 1 aromatic heterocycles. The molecule has 2 aromatic rings. The first kappa shape index (κ1) is 9.69. The summed E-state index contributed by atoms with van der Waals surface area (Å²) >= 11 is 11.7. The Morgan fingerprint density at radius 3 is 2.50 bits per heavy atom. The van der Waals surface area contributed by atoms with Gasteiger partial charge in [-0.05, 0) is 42.6 Å². The first-order chi connectivity index (χ1) is 6.58. The van der Waals surface area contributed by atoms with Gasteiger partial charge in [-0.2, -0.15) is 0 Å². The predicted molar refractivity (Wildman–Crippen MR) is 59.0 cm³/mol. The standard InChI is InChI=1S/C10H8Cl2N2/c1-5-3-6(2)8-7(4-5)13-10(12)14-9(8)11/h3-4H,1-2H3. The zero-order valence-corrected chi connectivity index (χ0v) is 9.32. The van der Waals surface area contributed by atoms with Crippen LogP contribution in [-0.2, 0) is 0 Å². The van der Waals surface area contributed by atoms with Crippen LogP contribution in [0.3, 0.4) is 0 Å². The van der Waals surface area contributed by atoms with Gasteiger partial charge < -0.3 is 0 Å². The first-order valence-electron chi connectivity index (χ1n) is 4.18. The Kier molecular flexibility index (Phi) is 2.33. The molecule has 0 radical (unpaired) electrons. The highest BCUT2D eigenvalue weighted by molar-refractivity contribution is 6.36. The van der Waals surface area contributed by atoms with Crippen LogP contribution < -0.4 is 0 Å². The number of halogens is 2. The van der Waals surface area contributed by atoms with E-state index in [2.05, 4.69) is 9.97 Å². The molecule has 0 aliphatic heterocycles. The fourth-order valence-corrected chi connectivity index (χ4v) is 2.11. The van der Waals surface area contributed by atoms with Crippen LogP contribution in [0, 0.1) is 13.8 Å². The smallest absolute Gasteiger partial charge is 0.218 e. The lowest BCUT2D eigenvalue weighted by atomic mass is 10.1. The molecule has 4 heteroatoms. The summed E-state index contributed by atoms with van der Waals surface area (Å²) in [4.78, 5) is 8.04. The molecule has 0 N–H and O–H groups in total. The van der Waals surface area contributed by atoms with Gasteiger partial charge in [-0.1, -0.05) is 17.7 Å². The lowest BCUT2D eigenvalue weighted by molar-refractivity contribution is 1.21. The minimum absolute atomic E-state index is 0.188. The molecule has 72 valence electrons. The minimum atomic E-state index is 0.188. The fourth-order valence-electron chi connectivity index (χ4n) is 1.56. The van der Waals surface area contributed by atoms with Crippen LogP contribution in [0.15, 0.2) is 12.1 Å². The Morgan fingerprint density at radius 2 is 1.79 bits per heavy atom. The van der Waals surface area contributed by atoms with E-state index in [-0.39, 0.29) is 5.28 Å². The van der Waals surface area contributed by atoms with Crippen molar-refractivity contribution in [3.05, 3.63) is 33.7 Å². The van der Waals surface area contributed by atoms with Crippen LogP contribution >= 0.6 is 23.2 Å². The molecule has 0 saturated carbocycles. The van der Waals surface area contributed by atoms with Gasteiger partial charge in [0.15, 0.2) is 0 Å². The second-order valence-electron chi connectivity index (χ2n) is 3.26. The summed E-state index contributed by atoms with van der Waals surface area (Å²) < 4.78 is 0. The van der Waals surface area contributed by atoms with E-state index in [4.69, 9.17) is 23.2 Å². The summed E-state index contributed by atoms with van der Waals surface area (Å²) in [6.45, 7) is 3.99. The third-order valence-electron chi connectivity index (χ3n) is 2.07. The van der Waals surface area contributed by atoms with Crippen LogP contribution in [0.1, 0.15) is 11.1 Å². The van der Waals surface area contributed by atoms with Crippen LogP contribution in [0.2, 0.25) is 10.4 Å². The molecule has 14 heavy (non-hydrogen) atoms. The van der Waals surface area contributed by atoms with E-state index in [9.17, 15) is 0 Å². The van der Waals surface area contributed by atoms with E-state index in [1.165, 1.54) is 0 Å². The van der Waals surface area contributed by atoms with Crippen molar-refractivity contribution in [3.8, 4) is 0 Å². The van der Waals surface area contributed by atoms with E-state index in [1.807, 2.05) is 26.0 Å². The first-order valence-corrected chi connectivity index (χ1v) is 4.93. The summed E-state index contributed by atoms with van der Waals surface area (Å²) in [7, 11) is 0. The highest BCUT2D eigenvalue weighted by Gasteiger charge is 2.07. The Balaban J connectivity index is 2.94. The van der Waals surface area contributed by atoms with Crippen molar-refractivity contribution < 1.29 is 0 Å². The Bertz CT molecular complexity index is 466. The lowest BCUT2D eigenvalue weighted by Crippen LogP contribution is -1.90. The Labute approximate surface area is 91.9 Å². The highest BCUT2D eigenvalue weighted by Crippen LogP contribution is 2.26. The second kappa shape index (κ2) is 3.37. The van der Waals surface area contributed by atoms with Crippen molar-refractivity contribution in [3.63, 3.8) is 0 Å². The van der Waals surface area contributed by atoms with Crippen LogP contribution in [0.4, 0.5) is 0 Å². The molecule has 1 heterocycles. The molecule has 0 unspecified atom stereocenters. The zero-order valence-electron chi connectivity index (χ0n) is 7.81. The van der Waals surface area contributed by atoms with Gasteiger partial charge in [-0.15, -0.1) is 0 Å². The molecule has 0 saturated heterocycles. The number of benzene rings is 1. The van der Waals surface area contributed by atoms with Crippen LogP contribution in [-0.4, -0.2) is 9.97 Å². The number of fused-ring (bicyclic) bond motifs is 1. The zero-order chi connectivity index (χ0) is 10.3. The van der Waals surface area contributed by atoms with Crippen LogP contribution in [0.25, 0.3) is 10.9 Å². The third kappa shape index (κ3) is 1.56. The SMILES string of the molecule is Cc1cc(C)c2c(Cl)nc(Cl)nc2c1. The minimum Gasteiger partial charge on any atom is -0.218 e. The van der Waals surface area contributed by atoms with Gasteiger partial charge in [0.25, 0.3) is 0 Å². The summed E-state index contributed by atoms with van der Waals surface area (Å²) in [6, 6.07) is 3.99. The van der Waals surface area contributed by atoms with Crippen molar-refractivity contribution in [2.24, 2.45) is 0 Å². The van der Waals surface area contributed by atoms with E-state index >= 15 is 0 Å². The van der Waals surface area contributed by atoms with Gasteiger partial charge in [-0.25, -0.2) is 9.97 Å². The van der Waals surface area contributed by atoms with Gasteiger partial charge in [0, 0.05) is 5.39 Å². The molecule has 0 spiro atoms. The molecule has 0 aliphatic rings. The van der Waals surface area contributed by atoms with Crippen molar-refractivity contribution in [1.29, 1.82) is 0 Å². The van der Waals surface area contributed by atoms with Gasteiger partial charge >= 0.3 is 0 Å². The van der Waals surface area contributed by atoms with Gasteiger partial charge in [-0.3, -0.25) is 0 Å². The normalized spacial score (nSPS) is 10.9. The van der Waals surface area contributed by atoms with Crippen molar-refractivity contribution in [2.75, 3.05) is 0 Å². The van der Waals surface area contributed by atoms with E-state index in [0.717, 1.165) is 22.0 Å². The van der Waals surface area contributed by atoms with E-state index in [0.29, 0.717) is 5.15 Å². The predicted octanol–water partition coefficient (Wildman–Crippen LogP) is 3.55. The molecule has 0 atom stereocenters. The maximum absolute atomic E-state index is 5.98. The lowest BCUT2D eigenvalue weighted by Gasteiger charge is -2.04. The largest absolute Gasteiger partial charge is 0.224 e. The number of nitrogens with zero attached hydrogens (tertiary/aromatic N) is 2. The number of hydrogen-bond donors (Lipinski definition) is 0. The van der Waals surface area contributed by atoms with E-state index < -0.39 is 0 Å². The molecular weight excluding hydrogens is 219 g/mol. The third-order valence-corrected chi connectivity index (χ3v) is 2.51.